The molecule has 0 bridgehead atoms. The van der Waals surface area contributed by atoms with Crippen LogP contribution < -0.4 is 10.0 Å². The molecule has 4 rings (SSSR count). The van der Waals surface area contributed by atoms with E-state index in [9.17, 15) is 19.8 Å². The Labute approximate surface area is 238 Å². The summed E-state index contributed by atoms with van der Waals surface area (Å²) in [5.41, 5.74) is 1.33. The average Bonchev–Trinajstić information content (AvgIpc) is 3.21. The van der Waals surface area contributed by atoms with E-state index in [-0.39, 0.29) is 23.5 Å². The number of anilines is 2. The van der Waals surface area contributed by atoms with Gasteiger partial charge in [-0.2, -0.15) is 0 Å². The number of rotatable bonds is 10. The van der Waals surface area contributed by atoms with Gasteiger partial charge in [-0.05, 0) is 68.9 Å². The molecule has 1 heterocycles. The number of benzene rings is 3. The van der Waals surface area contributed by atoms with E-state index in [0.29, 0.717) is 24.2 Å². The number of phenols is 1. The molecule has 2 amide bonds. The van der Waals surface area contributed by atoms with Gasteiger partial charge in [-0.3, -0.25) is 9.59 Å². The number of hydrazine groups is 1. The maximum absolute atomic E-state index is 12.9. The lowest BCUT2D eigenvalue weighted by molar-refractivity contribution is -0.127. The van der Waals surface area contributed by atoms with Crippen LogP contribution in [0.3, 0.4) is 0 Å². The van der Waals surface area contributed by atoms with E-state index in [0.717, 1.165) is 24.9 Å². The minimum absolute atomic E-state index is 0.101. The highest BCUT2D eigenvalue weighted by atomic mass is 16.3. The first-order valence-electron chi connectivity index (χ1n) is 14.1. The lowest BCUT2D eigenvalue weighted by Crippen LogP contribution is -2.41. The number of phenolic OH excluding ortho intramolecular Hbond substituents is 1. The van der Waals surface area contributed by atoms with Gasteiger partial charge < -0.3 is 15.1 Å². The SMILES string of the molecule is CCCCC1C(=O)N(c2ccccc2)N(c2ccccc2)C1=O.CC[C@](O)(c1cccc(O)c1)[C@H](C)CN(C)C. The molecule has 3 aromatic carbocycles. The minimum Gasteiger partial charge on any atom is -0.508 e. The van der Waals surface area contributed by atoms with E-state index >= 15 is 0 Å². The fourth-order valence-corrected chi connectivity index (χ4v) is 5.19. The van der Waals surface area contributed by atoms with Gasteiger partial charge in [0.05, 0.1) is 17.0 Å². The molecule has 1 aliphatic rings. The molecule has 2 N–H and O–H groups in total. The third-order valence-corrected chi connectivity index (χ3v) is 7.40. The molecule has 0 unspecified atom stereocenters. The minimum atomic E-state index is -0.886. The predicted molar refractivity (Wildman–Crippen MR) is 161 cm³/mol. The van der Waals surface area contributed by atoms with Crippen LogP contribution in [0.2, 0.25) is 0 Å². The maximum Gasteiger partial charge on any atom is 0.258 e. The third-order valence-electron chi connectivity index (χ3n) is 7.40. The number of aromatic hydroxyl groups is 1. The van der Waals surface area contributed by atoms with Crippen molar-refractivity contribution < 1.29 is 19.8 Å². The normalized spacial score (nSPS) is 16.1. The zero-order valence-electron chi connectivity index (χ0n) is 24.3. The van der Waals surface area contributed by atoms with Crippen molar-refractivity contribution in [3.05, 3.63) is 90.5 Å². The number of carbonyl (C=O) groups excluding carboxylic acids is 2. The van der Waals surface area contributed by atoms with Crippen LogP contribution in [-0.4, -0.2) is 47.6 Å². The van der Waals surface area contributed by atoms with Crippen molar-refractivity contribution >= 4 is 23.2 Å². The van der Waals surface area contributed by atoms with Crippen LogP contribution in [-0.2, 0) is 15.2 Å². The van der Waals surface area contributed by atoms with Crippen molar-refractivity contribution in [3.63, 3.8) is 0 Å². The number of unbranched alkanes of at least 4 members (excludes halogenated alkanes) is 1. The Kier molecular flexibility index (Phi) is 10.9. The van der Waals surface area contributed by atoms with Crippen molar-refractivity contribution in [3.8, 4) is 5.75 Å². The highest BCUT2D eigenvalue weighted by Crippen LogP contribution is 2.35. The smallest absolute Gasteiger partial charge is 0.258 e. The Morgan fingerprint density at radius 1 is 0.850 bits per heavy atom. The number of hydrogen-bond acceptors (Lipinski definition) is 5. The second-order valence-corrected chi connectivity index (χ2v) is 10.7. The zero-order chi connectivity index (χ0) is 29.3. The largest absolute Gasteiger partial charge is 0.508 e. The molecule has 0 saturated carbocycles. The van der Waals surface area contributed by atoms with Crippen LogP contribution in [0.15, 0.2) is 84.9 Å². The van der Waals surface area contributed by atoms with E-state index in [2.05, 4.69) is 11.8 Å². The number of para-hydroxylation sites is 2. The van der Waals surface area contributed by atoms with E-state index in [1.807, 2.05) is 94.7 Å². The Hall–Kier alpha value is -3.68. The van der Waals surface area contributed by atoms with Crippen molar-refractivity contribution in [2.75, 3.05) is 30.7 Å². The van der Waals surface area contributed by atoms with Gasteiger partial charge in [0.1, 0.15) is 11.7 Å². The standard InChI is InChI=1S/C19H20N2O2.C14H23NO2/c1-2-3-14-17-18(22)20(15-10-6-4-7-11-15)21(19(17)23)16-12-8-5-9-13-16;1-5-14(17,11(2)10-15(3)4)12-7-6-8-13(16)9-12/h4-13,17H,2-3,14H2,1H3;6-9,11,16-17H,5,10H2,1-4H3/t;11-,14-/m.1/s1. The molecule has 3 aromatic rings. The molecule has 0 radical (unpaired) electrons. The van der Waals surface area contributed by atoms with Gasteiger partial charge >= 0.3 is 0 Å². The molecule has 40 heavy (non-hydrogen) atoms. The van der Waals surface area contributed by atoms with Crippen LogP contribution in [0.4, 0.5) is 11.4 Å². The molecule has 0 spiro atoms. The van der Waals surface area contributed by atoms with Crippen molar-refractivity contribution in [1.29, 1.82) is 0 Å². The molecule has 1 fully saturated rings. The predicted octanol–water partition coefficient (Wildman–Crippen LogP) is 5.98. The van der Waals surface area contributed by atoms with E-state index in [1.165, 1.54) is 10.0 Å². The molecular formula is C33H43N3O4. The summed E-state index contributed by atoms with van der Waals surface area (Å²) in [7, 11) is 3.99. The molecule has 0 aromatic heterocycles. The highest BCUT2D eigenvalue weighted by Gasteiger charge is 2.46. The summed E-state index contributed by atoms with van der Waals surface area (Å²) in [5, 5.41) is 23.3. The zero-order valence-corrected chi connectivity index (χ0v) is 24.3. The molecule has 214 valence electrons. The Balaban J connectivity index is 0.000000232. The van der Waals surface area contributed by atoms with Gasteiger partial charge in [0.25, 0.3) is 11.8 Å². The van der Waals surface area contributed by atoms with E-state index in [4.69, 9.17) is 0 Å². The van der Waals surface area contributed by atoms with Gasteiger partial charge in [-0.25, -0.2) is 10.0 Å². The second-order valence-electron chi connectivity index (χ2n) is 10.7. The molecule has 7 nitrogen and oxygen atoms in total. The molecule has 1 saturated heterocycles. The number of nitrogens with zero attached hydrogens (tertiary/aromatic N) is 3. The van der Waals surface area contributed by atoms with Crippen LogP contribution in [0, 0.1) is 11.8 Å². The first-order valence-corrected chi connectivity index (χ1v) is 14.1. The van der Waals surface area contributed by atoms with Gasteiger partial charge in [0, 0.05) is 12.5 Å². The molecule has 2 atom stereocenters. The highest BCUT2D eigenvalue weighted by molar-refractivity contribution is 6.22. The van der Waals surface area contributed by atoms with Crippen LogP contribution in [0.5, 0.6) is 5.75 Å². The lowest BCUT2D eigenvalue weighted by atomic mass is 9.80. The van der Waals surface area contributed by atoms with Crippen molar-refractivity contribution in [2.24, 2.45) is 11.8 Å². The van der Waals surface area contributed by atoms with E-state index < -0.39 is 11.5 Å². The molecule has 7 heteroatoms. The number of hydrogen-bond donors (Lipinski definition) is 2. The summed E-state index contributed by atoms with van der Waals surface area (Å²) in [6.45, 7) is 6.87. The topological polar surface area (TPSA) is 84.3 Å². The fraction of sp³-hybridized carbons (Fsp3) is 0.394. The average molecular weight is 546 g/mol. The first-order chi connectivity index (χ1) is 19.1. The van der Waals surface area contributed by atoms with Gasteiger partial charge in [0.2, 0.25) is 0 Å². The summed E-state index contributed by atoms with van der Waals surface area (Å²) in [6, 6.07) is 25.6. The molecule has 0 aliphatic carbocycles. The van der Waals surface area contributed by atoms with Crippen molar-refractivity contribution in [1.82, 2.24) is 4.90 Å². The van der Waals surface area contributed by atoms with Gasteiger partial charge in [-0.1, -0.05) is 82.1 Å². The Bertz CT molecular complexity index is 1180. The maximum atomic E-state index is 12.9. The summed E-state index contributed by atoms with van der Waals surface area (Å²) in [5.74, 6) is -0.567. The summed E-state index contributed by atoms with van der Waals surface area (Å²) < 4.78 is 0. The molecular weight excluding hydrogens is 502 g/mol. The second kappa shape index (κ2) is 14.1. The van der Waals surface area contributed by atoms with Crippen molar-refractivity contribution in [2.45, 2.75) is 52.1 Å². The quantitative estimate of drug-likeness (QED) is 0.307. The fourth-order valence-electron chi connectivity index (χ4n) is 5.19. The lowest BCUT2D eigenvalue weighted by Gasteiger charge is -2.35. The van der Waals surface area contributed by atoms with Gasteiger partial charge in [-0.15, -0.1) is 0 Å². The number of carbonyl (C=O) groups is 2. The molecule has 1 aliphatic heterocycles. The summed E-state index contributed by atoms with van der Waals surface area (Å²) in [6.07, 6.45) is 3.06. The van der Waals surface area contributed by atoms with Crippen LogP contribution in [0.1, 0.15) is 52.0 Å². The summed E-state index contributed by atoms with van der Waals surface area (Å²) >= 11 is 0. The summed E-state index contributed by atoms with van der Waals surface area (Å²) in [4.78, 5) is 27.8. The van der Waals surface area contributed by atoms with Crippen LogP contribution >= 0.6 is 0 Å². The van der Waals surface area contributed by atoms with E-state index in [1.54, 1.807) is 18.2 Å². The Morgan fingerprint density at radius 2 is 1.38 bits per heavy atom. The van der Waals surface area contributed by atoms with Gasteiger partial charge in [0.15, 0.2) is 0 Å². The Morgan fingerprint density at radius 3 is 1.80 bits per heavy atom. The number of amides is 2. The monoisotopic (exact) mass is 545 g/mol. The number of aliphatic hydroxyl groups is 1. The van der Waals surface area contributed by atoms with Crippen LogP contribution in [0.25, 0.3) is 0 Å². The first kappa shape index (κ1) is 30.9. The third kappa shape index (κ3) is 7.09.